The summed E-state index contributed by atoms with van der Waals surface area (Å²) in [7, 11) is 0. The van der Waals surface area contributed by atoms with Crippen LogP contribution in [0.1, 0.15) is 33.7 Å². The number of nitrogens with one attached hydrogen (secondary N) is 1. The van der Waals surface area contributed by atoms with E-state index in [1.807, 2.05) is 0 Å². The smallest absolute Gasteiger partial charge is 0.262 e. The lowest BCUT2D eigenvalue weighted by Crippen LogP contribution is -2.48. The van der Waals surface area contributed by atoms with E-state index < -0.39 is 0 Å². The minimum atomic E-state index is -0.353. The maximum Gasteiger partial charge on any atom is 0.262 e. The second-order valence-electron chi connectivity index (χ2n) is 6.60. The standard InChI is InChI=1S/C18H21N5O3S/c1-3-13-21-12(9-27-13)8-22-4-6-23(7-5-22)18(25)14-11(2)26-17-15(14)16(24)19-10-20-17/h9-10H,3-8H2,1-2H3,(H,19,20,24). The molecule has 0 atom stereocenters. The highest BCUT2D eigenvalue weighted by atomic mass is 32.1. The van der Waals surface area contributed by atoms with Crippen LogP contribution in [0.5, 0.6) is 0 Å². The number of nitrogens with zero attached hydrogens (tertiary/aromatic N) is 4. The van der Waals surface area contributed by atoms with Crippen molar-refractivity contribution in [2.75, 3.05) is 26.2 Å². The minimum absolute atomic E-state index is 0.175. The molecule has 0 unspecified atom stereocenters. The van der Waals surface area contributed by atoms with Crippen molar-refractivity contribution >= 4 is 28.3 Å². The van der Waals surface area contributed by atoms with E-state index >= 15 is 0 Å². The predicted octanol–water partition coefficient (Wildman–Crippen LogP) is 1.80. The molecule has 3 aromatic heterocycles. The van der Waals surface area contributed by atoms with E-state index in [0.717, 1.165) is 36.8 Å². The van der Waals surface area contributed by atoms with Gasteiger partial charge in [-0.05, 0) is 13.3 Å². The third-order valence-electron chi connectivity index (χ3n) is 4.83. The molecule has 0 aliphatic carbocycles. The normalized spacial score (nSPS) is 15.6. The highest BCUT2D eigenvalue weighted by Gasteiger charge is 2.28. The molecule has 0 radical (unpaired) electrons. The van der Waals surface area contributed by atoms with Crippen molar-refractivity contribution in [2.45, 2.75) is 26.8 Å². The van der Waals surface area contributed by atoms with Crippen LogP contribution in [-0.4, -0.2) is 56.8 Å². The average molecular weight is 387 g/mol. The molecule has 0 spiro atoms. The lowest BCUT2D eigenvalue weighted by Gasteiger charge is -2.34. The summed E-state index contributed by atoms with van der Waals surface area (Å²) < 4.78 is 5.51. The average Bonchev–Trinajstić information content (AvgIpc) is 3.26. The third-order valence-corrected chi connectivity index (χ3v) is 5.87. The van der Waals surface area contributed by atoms with Crippen molar-refractivity contribution in [2.24, 2.45) is 0 Å². The molecule has 8 nitrogen and oxygen atoms in total. The van der Waals surface area contributed by atoms with Crippen molar-refractivity contribution in [3.8, 4) is 0 Å². The molecule has 9 heteroatoms. The number of H-pyrrole nitrogens is 1. The number of piperazine rings is 1. The molecule has 3 aromatic rings. The first kappa shape index (κ1) is 17.9. The fourth-order valence-corrected chi connectivity index (χ4v) is 4.13. The Hall–Kier alpha value is -2.52. The Labute approximate surface area is 159 Å². The largest absolute Gasteiger partial charge is 0.442 e. The lowest BCUT2D eigenvalue weighted by molar-refractivity contribution is 0.0627. The van der Waals surface area contributed by atoms with Crippen LogP contribution < -0.4 is 5.56 Å². The molecule has 1 aliphatic heterocycles. The highest BCUT2D eigenvalue weighted by Crippen LogP contribution is 2.23. The zero-order valence-electron chi connectivity index (χ0n) is 15.3. The molecule has 1 fully saturated rings. The van der Waals surface area contributed by atoms with E-state index in [0.29, 0.717) is 24.4 Å². The zero-order valence-corrected chi connectivity index (χ0v) is 16.1. The van der Waals surface area contributed by atoms with Crippen LogP contribution >= 0.6 is 11.3 Å². The predicted molar refractivity (Wildman–Crippen MR) is 102 cm³/mol. The van der Waals surface area contributed by atoms with Crippen molar-refractivity contribution in [3.05, 3.63) is 44.1 Å². The minimum Gasteiger partial charge on any atom is -0.442 e. The molecule has 0 aromatic carbocycles. The van der Waals surface area contributed by atoms with Gasteiger partial charge in [0.2, 0.25) is 5.71 Å². The van der Waals surface area contributed by atoms with E-state index in [1.165, 1.54) is 6.33 Å². The summed E-state index contributed by atoms with van der Waals surface area (Å²) in [6.45, 7) is 7.35. The number of aryl methyl sites for hydroxylation is 2. The van der Waals surface area contributed by atoms with Crippen LogP contribution in [0.2, 0.25) is 0 Å². The summed E-state index contributed by atoms with van der Waals surface area (Å²) in [5.41, 5.74) is 1.26. The summed E-state index contributed by atoms with van der Waals surface area (Å²) >= 11 is 1.69. The number of thiazole rings is 1. The van der Waals surface area contributed by atoms with E-state index in [-0.39, 0.29) is 22.6 Å². The van der Waals surface area contributed by atoms with Gasteiger partial charge in [0, 0.05) is 38.1 Å². The SMILES string of the molecule is CCc1nc(CN2CCN(C(=O)c3c(C)oc4nc[nH]c(=O)c34)CC2)cs1. The van der Waals surface area contributed by atoms with E-state index in [9.17, 15) is 9.59 Å². The van der Waals surface area contributed by atoms with Gasteiger partial charge in [0.25, 0.3) is 11.5 Å². The molecule has 1 aliphatic rings. The van der Waals surface area contributed by atoms with Gasteiger partial charge in [-0.15, -0.1) is 11.3 Å². The quantitative estimate of drug-likeness (QED) is 0.733. The van der Waals surface area contributed by atoms with Crippen LogP contribution in [0.25, 0.3) is 11.1 Å². The van der Waals surface area contributed by atoms with Gasteiger partial charge in [-0.2, -0.15) is 0 Å². The molecular formula is C18H21N5O3S. The van der Waals surface area contributed by atoms with Crippen molar-refractivity contribution in [3.63, 3.8) is 0 Å². The van der Waals surface area contributed by atoms with Crippen LogP contribution in [-0.2, 0) is 13.0 Å². The molecular weight excluding hydrogens is 366 g/mol. The number of hydrogen-bond acceptors (Lipinski definition) is 7. The molecule has 0 saturated carbocycles. The summed E-state index contributed by atoms with van der Waals surface area (Å²) in [4.78, 5) is 40.4. The third kappa shape index (κ3) is 3.40. The van der Waals surface area contributed by atoms with Gasteiger partial charge in [0.15, 0.2) is 0 Å². The Morgan fingerprint density at radius 3 is 2.81 bits per heavy atom. The summed E-state index contributed by atoms with van der Waals surface area (Å²) in [5, 5.41) is 3.49. The first-order valence-electron chi connectivity index (χ1n) is 8.98. The molecule has 4 heterocycles. The van der Waals surface area contributed by atoms with Gasteiger partial charge >= 0.3 is 0 Å². The summed E-state index contributed by atoms with van der Waals surface area (Å²) in [6, 6.07) is 0. The topological polar surface area (TPSA) is 95.3 Å². The fraction of sp³-hybridized carbons (Fsp3) is 0.444. The number of carbonyl (C=O) groups excluding carboxylic acids is 1. The van der Waals surface area contributed by atoms with E-state index in [1.54, 1.807) is 23.2 Å². The van der Waals surface area contributed by atoms with E-state index in [4.69, 9.17) is 4.42 Å². The van der Waals surface area contributed by atoms with E-state index in [2.05, 4.69) is 32.2 Å². The first-order valence-corrected chi connectivity index (χ1v) is 9.86. The van der Waals surface area contributed by atoms with Crippen molar-refractivity contribution in [1.29, 1.82) is 0 Å². The molecule has 1 N–H and O–H groups in total. The lowest BCUT2D eigenvalue weighted by atomic mass is 10.1. The molecule has 27 heavy (non-hydrogen) atoms. The number of amides is 1. The Balaban J connectivity index is 1.46. The second-order valence-corrected chi connectivity index (χ2v) is 7.54. The van der Waals surface area contributed by atoms with Gasteiger partial charge in [-0.3, -0.25) is 14.5 Å². The zero-order chi connectivity index (χ0) is 19.0. The summed E-state index contributed by atoms with van der Waals surface area (Å²) in [5.74, 6) is 0.252. The molecule has 4 rings (SSSR count). The number of aromatic amines is 1. The number of fused-ring (bicyclic) bond motifs is 1. The first-order chi connectivity index (χ1) is 13.1. The maximum absolute atomic E-state index is 13.0. The Kier molecular flexibility index (Phi) is 4.79. The van der Waals surface area contributed by atoms with Gasteiger partial charge in [0.1, 0.15) is 11.1 Å². The number of hydrogen-bond donors (Lipinski definition) is 1. The van der Waals surface area contributed by atoms with Crippen LogP contribution in [0.3, 0.4) is 0 Å². The summed E-state index contributed by atoms with van der Waals surface area (Å²) in [6.07, 6.45) is 2.24. The van der Waals surface area contributed by atoms with Crippen LogP contribution in [0.4, 0.5) is 0 Å². The van der Waals surface area contributed by atoms with Crippen molar-refractivity contribution < 1.29 is 9.21 Å². The Bertz CT molecular complexity index is 1030. The molecule has 0 bridgehead atoms. The fourth-order valence-electron chi connectivity index (χ4n) is 3.39. The monoisotopic (exact) mass is 387 g/mol. The van der Waals surface area contributed by atoms with Crippen LogP contribution in [0.15, 0.2) is 20.9 Å². The molecule has 142 valence electrons. The number of aromatic nitrogens is 3. The number of furan rings is 1. The maximum atomic E-state index is 13.0. The van der Waals surface area contributed by atoms with Gasteiger partial charge in [0.05, 0.1) is 22.6 Å². The highest BCUT2D eigenvalue weighted by molar-refractivity contribution is 7.09. The van der Waals surface area contributed by atoms with Gasteiger partial charge < -0.3 is 14.3 Å². The van der Waals surface area contributed by atoms with Crippen molar-refractivity contribution in [1.82, 2.24) is 24.8 Å². The molecule has 1 amide bonds. The molecule has 1 saturated heterocycles. The number of rotatable bonds is 4. The van der Waals surface area contributed by atoms with Gasteiger partial charge in [-0.25, -0.2) is 9.97 Å². The van der Waals surface area contributed by atoms with Crippen LogP contribution in [0, 0.1) is 6.92 Å². The number of carbonyl (C=O) groups is 1. The van der Waals surface area contributed by atoms with Gasteiger partial charge in [-0.1, -0.05) is 6.92 Å². The Morgan fingerprint density at radius 2 is 2.11 bits per heavy atom. The Morgan fingerprint density at radius 1 is 1.33 bits per heavy atom. The second kappa shape index (κ2) is 7.24.